The van der Waals surface area contributed by atoms with Crippen molar-refractivity contribution in [2.24, 2.45) is 0 Å². The molecule has 4 N–H and O–H groups in total. The lowest BCUT2D eigenvalue weighted by Gasteiger charge is -2.16. The van der Waals surface area contributed by atoms with E-state index in [4.69, 9.17) is 10.5 Å². The largest absolute Gasteiger partial charge is 0.497 e. The van der Waals surface area contributed by atoms with Gasteiger partial charge in [0.15, 0.2) is 6.23 Å². The summed E-state index contributed by atoms with van der Waals surface area (Å²) in [4.78, 5) is 8.60. The van der Waals surface area contributed by atoms with Crippen LogP contribution in [0, 0.1) is 0 Å². The molecule has 0 radical (unpaired) electrons. The van der Waals surface area contributed by atoms with Crippen LogP contribution in [0.4, 0.5) is 11.5 Å². The average Bonchev–Trinajstić information content (AvgIpc) is 2.63. The van der Waals surface area contributed by atoms with Crippen molar-refractivity contribution >= 4 is 11.5 Å². The normalized spacial score (nSPS) is 11.8. The van der Waals surface area contributed by atoms with Crippen LogP contribution in [0.25, 0.3) is 11.3 Å². The van der Waals surface area contributed by atoms with Crippen molar-refractivity contribution in [3.05, 3.63) is 66.5 Å². The highest BCUT2D eigenvalue weighted by atomic mass is 16.5. The minimum absolute atomic E-state index is 0.184. The third-order valence-corrected chi connectivity index (χ3v) is 3.55. The Morgan fingerprint density at radius 2 is 1.79 bits per heavy atom. The molecule has 1 atom stereocenters. The minimum atomic E-state index is -1.06. The van der Waals surface area contributed by atoms with E-state index in [1.54, 1.807) is 13.3 Å². The van der Waals surface area contributed by atoms with Crippen LogP contribution in [0.15, 0.2) is 60.8 Å². The average molecular weight is 322 g/mol. The first-order chi connectivity index (χ1) is 11.7. The molecule has 2 aromatic carbocycles. The fourth-order valence-electron chi connectivity index (χ4n) is 2.28. The van der Waals surface area contributed by atoms with Gasteiger partial charge < -0.3 is 20.9 Å². The van der Waals surface area contributed by atoms with Gasteiger partial charge in [-0.2, -0.15) is 0 Å². The van der Waals surface area contributed by atoms with Gasteiger partial charge >= 0.3 is 0 Å². The highest BCUT2D eigenvalue weighted by molar-refractivity contribution is 5.61. The number of aromatic nitrogens is 2. The Labute approximate surface area is 140 Å². The molecule has 1 heterocycles. The van der Waals surface area contributed by atoms with E-state index in [0.29, 0.717) is 5.69 Å². The van der Waals surface area contributed by atoms with E-state index >= 15 is 0 Å². The van der Waals surface area contributed by atoms with Gasteiger partial charge in [0.2, 0.25) is 0 Å². The fourth-order valence-corrected chi connectivity index (χ4v) is 2.28. The van der Waals surface area contributed by atoms with Gasteiger partial charge in [0.25, 0.3) is 0 Å². The van der Waals surface area contributed by atoms with Crippen molar-refractivity contribution in [1.82, 2.24) is 9.97 Å². The Bertz CT molecular complexity index is 807. The third kappa shape index (κ3) is 3.44. The van der Waals surface area contributed by atoms with E-state index in [9.17, 15) is 5.11 Å². The van der Waals surface area contributed by atoms with Gasteiger partial charge in [-0.25, -0.2) is 9.97 Å². The zero-order valence-electron chi connectivity index (χ0n) is 13.2. The van der Waals surface area contributed by atoms with E-state index < -0.39 is 6.23 Å². The summed E-state index contributed by atoms with van der Waals surface area (Å²) in [5.41, 5.74) is 8.40. The molecule has 0 saturated carbocycles. The number of nitrogens with two attached hydrogens (primary N) is 1. The molecule has 6 nitrogen and oxygen atoms in total. The quantitative estimate of drug-likeness (QED) is 0.625. The number of rotatable bonds is 5. The van der Waals surface area contributed by atoms with Crippen LogP contribution in [0.3, 0.4) is 0 Å². The van der Waals surface area contributed by atoms with Gasteiger partial charge in [0.05, 0.1) is 19.0 Å². The number of nitrogen functional groups attached to an aromatic ring is 1. The van der Waals surface area contributed by atoms with Crippen molar-refractivity contribution < 1.29 is 9.84 Å². The van der Waals surface area contributed by atoms with Crippen molar-refractivity contribution in [3.8, 4) is 17.0 Å². The highest BCUT2D eigenvalue weighted by Crippen LogP contribution is 2.25. The predicted molar refractivity (Wildman–Crippen MR) is 93.5 cm³/mol. The zero-order chi connectivity index (χ0) is 16.9. The van der Waals surface area contributed by atoms with Crippen LogP contribution in [0.5, 0.6) is 5.75 Å². The summed E-state index contributed by atoms with van der Waals surface area (Å²) >= 11 is 0. The van der Waals surface area contributed by atoms with Gasteiger partial charge in [0, 0.05) is 11.3 Å². The monoisotopic (exact) mass is 322 g/mol. The Balaban J connectivity index is 1.87. The Morgan fingerprint density at radius 1 is 1.08 bits per heavy atom. The molecule has 0 amide bonds. The summed E-state index contributed by atoms with van der Waals surface area (Å²) in [6.45, 7) is 0. The third-order valence-electron chi connectivity index (χ3n) is 3.55. The van der Waals surface area contributed by atoms with Crippen molar-refractivity contribution in [2.45, 2.75) is 6.23 Å². The number of nitrogens with one attached hydrogen (secondary N) is 1. The summed E-state index contributed by atoms with van der Waals surface area (Å²) in [7, 11) is 1.61. The standard InChI is InChI=1S/C18H18N4O2/c1-24-14-9-7-12(8-10-14)15-11-20-17(19)16(22-15)18(23)21-13-5-3-2-4-6-13/h2-11,18,21,23H,1H3,(H2,19,20). The zero-order valence-corrected chi connectivity index (χ0v) is 13.2. The first kappa shape index (κ1) is 15.8. The molecule has 122 valence electrons. The number of benzene rings is 2. The van der Waals surface area contributed by atoms with E-state index in [0.717, 1.165) is 17.0 Å². The molecule has 0 aliphatic carbocycles. The van der Waals surface area contributed by atoms with Crippen LogP contribution in [-0.2, 0) is 0 Å². The number of anilines is 2. The molecular formula is C18H18N4O2. The molecular weight excluding hydrogens is 304 g/mol. The number of aliphatic hydroxyl groups is 1. The molecule has 3 aromatic rings. The number of hydrogen-bond acceptors (Lipinski definition) is 6. The fraction of sp³-hybridized carbons (Fsp3) is 0.111. The van der Waals surface area contributed by atoms with Gasteiger partial charge in [-0.15, -0.1) is 0 Å². The summed E-state index contributed by atoms with van der Waals surface area (Å²) in [6.07, 6.45) is 0.522. The number of para-hydroxylation sites is 1. The first-order valence-electron chi connectivity index (χ1n) is 7.44. The second kappa shape index (κ2) is 6.97. The van der Waals surface area contributed by atoms with Gasteiger partial charge in [-0.3, -0.25) is 0 Å². The summed E-state index contributed by atoms with van der Waals surface area (Å²) in [5, 5.41) is 13.3. The van der Waals surface area contributed by atoms with E-state index in [2.05, 4.69) is 15.3 Å². The lowest BCUT2D eigenvalue weighted by Crippen LogP contribution is -2.15. The Morgan fingerprint density at radius 3 is 2.46 bits per heavy atom. The number of ether oxygens (including phenoxy) is 1. The molecule has 1 unspecified atom stereocenters. The molecule has 3 rings (SSSR count). The molecule has 0 spiro atoms. The maximum atomic E-state index is 10.4. The lowest BCUT2D eigenvalue weighted by molar-refractivity contribution is 0.204. The summed E-state index contributed by atoms with van der Waals surface area (Å²) in [5.74, 6) is 0.941. The molecule has 6 heteroatoms. The summed E-state index contributed by atoms with van der Waals surface area (Å²) in [6, 6.07) is 16.8. The Kier molecular flexibility index (Phi) is 4.58. The topological polar surface area (TPSA) is 93.3 Å². The second-order valence-electron chi connectivity index (χ2n) is 5.17. The van der Waals surface area contributed by atoms with Crippen LogP contribution >= 0.6 is 0 Å². The molecule has 24 heavy (non-hydrogen) atoms. The van der Waals surface area contributed by atoms with Gasteiger partial charge in [-0.1, -0.05) is 18.2 Å². The Hall–Kier alpha value is -3.12. The van der Waals surface area contributed by atoms with Crippen molar-refractivity contribution in [3.63, 3.8) is 0 Å². The second-order valence-corrected chi connectivity index (χ2v) is 5.17. The summed E-state index contributed by atoms with van der Waals surface area (Å²) < 4.78 is 5.15. The van der Waals surface area contributed by atoms with Crippen molar-refractivity contribution in [2.75, 3.05) is 18.2 Å². The number of nitrogens with zero attached hydrogens (tertiary/aromatic N) is 2. The van der Waals surface area contributed by atoms with Gasteiger partial charge in [-0.05, 0) is 36.4 Å². The van der Waals surface area contributed by atoms with Crippen LogP contribution in [-0.4, -0.2) is 22.2 Å². The predicted octanol–water partition coefficient (Wildman–Crippen LogP) is 2.84. The smallest absolute Gasteiger partial charge is 0.171 e. The molecule has 0 aliphatic heterocycles. The van der Waals surface area contributed by atoms with Gasteiger partial charge in [0.1, 0.15) is 17.3 Å². The molecule has 0 saturated heterocycles. The van der Waals surface area contributed by atoms with E-state index in [1.807, 2.05) is 54.6 Å². The maximum absolute atomic E-state index is 10.4. The molecule has 1 aromatic heterocycles. The molecule has 0 aliphatic rings. The van der Waals surface area contributed by atoms with Crippen molar-refractivity contribution in [1.29, 1.82) is 0 Å². The molecule has 0 fully saturated rings. The van der Waals surface area contributed by atoms with Crippen LogP contribution in [0.2, 0.25) is 0 Å². The SMILES string of the molecule is COc1ccc(-c2cnc(N)c(C(O)Nc3ccccc3)n2)cc1. The number of aliphatic hydroxyl groups excluding tert-OH is 1. The first-order valence-corrected chi connectivity index (χ1v) is 7.44. The minimum Gasteiger partial charge on any atom is -0.497 e. The lowest BCUT2D eigenvalue weighted by atomic mass is 10.1. The van der Waals surface area contributed by atoms with E-state index in [-0.39, 0.29) is 11.5 Å². The maximum Gasteiger partial charge on any atom is 0.171 e. The van der Waals surface area contributed by atoms with E-state index in [1.165, 1.54) is 0 Å². The highest BCUT2D eigenvalue weighted by Gasteiger charge is 2.15. The molecule has 0 bridgehead atoms. The number of methoxy groups -OCH3 is 1. The van der Waals surface area contributed by atoms with Crippen LogP contribution < -0.4 is 15.8 Å². The number of hydrogen-bond donors (Lipinski definition) is 3. The van der Waals surface area contributed by atoms with Crippen LogP contribution in [0.1, 0.15) is 11.9 Å².